The summed E-state index contributed by atoms with van der Waals surface area (Å²) in [6.45, 7) is 3.15. The molecule has 2 saturated heterocycles. The van der Waals surface area contributed by atoms with Gasteiger partial charge in [-0.3, -0.25) is 9.78 Å². The summed E-state index contributed by atoms with van der Waals surface area (Å²) in [5, 5.41) is 10.4. The lowest BCUT2D eigenvalue weighted by molar-refractivity contribution is -0.142. The number of aliphatic carboxylic acids is 1. The second-order valence-electron chi connectivity index (χ2n) is 7.83. The molecule has 2 fully saturated rings. The average Bonchev–Trinajstić information content (AvgIpc) is 2.73. The number of fused-ring (bicyclic) bond motifs is 1. The van der Waals surface area contributed by atoms with Crippen molar-refractivity contribution in [2.24, 2.45) is 5.92 Å². The average molecular weight is 389 g/mol. The minimum Gasteiger partial charge on any atom is -0.481 e. The van der Waals surface area contributed by atoms with Gasteiger partial charge >= 0.3 is 5.97 Å². The molecule has 3 aromatic rings. The molecule has 1 N–H and O–H groups in total. The number of rotatable bonds is 4. The summed E-state index contributed by atoms with van der Waals surface area (Å²) < 4.78 is 0. The Kier molecular flexibility index (Phi) is 4.50. The largest absolute Gasteiger partial charge is 0.481 e. The van der Waals surface area contributed by atoms with E-state index in [1.54, 1.807) is 12.4 Å². The van der Waals surface area contributed by atoms with E-state index in [0.29, 0.717) is 31.8 Å². The standard InChI is InChI=1S/C22H23N5O2/c28-22(29)16-7-11-26(12-8-16)21-20(23-9-10-24-21)17-13-27(14-17)19-6-5-15-3-1-2-4-18(15)25-19/h1-6,9-10,16-17H,7-8,11-14H2,(H,28,29). The number of piperidine rings is 1. The van der Waals surface area contributed by atoms with Crippen molar-refractivity contribution in [3.63, 3.8) is 0 Å². The molecule has 0 saturated carbocycles. The Labute approximate surface area is 169 Å². The summed E-state index contributed by atoms with van der Waals surface area (Å²) >= 11 is 0. The third-order valence-electron chi connectivity index (χ3n) is 6.03. The van der Waals surface area contributed by atoms with E-state index >= 15 is 0 Å². The lowest BCUT2D eigenvalue weighted by atomic mass is 9.93. The number of pyridine rings is 1. The molecule has 29 heavy (non-hydrogen) atoms. The van der Waals surface area contributed by atoms with E-state index in [-0.39, 0.29) is 5.92 Å². The molecule has 148 valence electrons. The molecule has 0 aliphatic carbocycles. The number of aromatic nitrogens is 3. The van der Waals surface area contributed by atoms with Crippen molar-refractivity contribution < 1.29 is 9.90 Å². The number of carbonyl (C=O) groups is 1. The van der Waals surface area contributed by atoms with Crippen LogP contribution in [0.4, 0.5) is 11.6 Å². The van der Waals surface area contributed by atoms with E-state index in [1.165, 1.54) is 0 Å². The van der Waals surface area contributed by atoms with Crippen molar-refractivity contribution in [3.8, 4) is 0 Å². The Hall–Kier alpha value is -3.22. The molecule has 1 aromatic carbocycles. The Morgan fingerprint density at radius 2 is 1.72 bits per heavy atom. The molecule has 2 aromatic heterocycles. The van der Waals surface area contributed by atoms with Crippen molar-refractivity contribution in [3.05, 3.63) is 54.5 Å². The predicted octanol–water partition coefficient (Wildman–Crippen LogP) is 2.93. The van der Waals surface area contributed by atoms with Crippen LogP contribution in [-0.2, 0) is 4.79 Å². The van der Waals surface area contributed by atoms with Crippen molar-refractivity contribution in [2.75, 3.05) is 36.0 Å². The van der Waals surface area contributed by atoms with Gasteiger partial charge < -0.3 is 14.9 Å². The van der Waals surface area contributed by atoms with Crippen molar-refractivity contribution in [1.29, 1.82) is 0 Å². The van der Waals surface area contributed by atoms with Crippen molar-refractivity contribution in [2.45, 2.75) is 18.8 Å². The highest BCUT2D eigenvalue weighted by molar-refractivity contribution is 5.80. The lowest BCUT2D eigenvalue weighted by Gasteiger charge is -2.41. The zero-order valence-corrected chi connectivity index (χ0v) is 16.1. The van der Waals surface area contributed by atoms with Gasteiger partial charge in [0, 0.05) is 49.9 Å². The van der Waals surface area contributed by atoms with E-state index in [0.717, 1.165) is 41.3 Å². The van der Waals surface area contributed by atoms with Gasteiger partial charge in [-0.2, -0.15) is 0 Å². The van der Waals surface area contributed by atoms with Gasteiger partial charge in [0.2, 0.25) is 0 Å². The molecule has 0 spiro atoms. The molecule has 0 bridgehead atoms. The molecule has 0 radical (unpaired) electrons. The van der Waals surface area contributed by atoms with Crippen LogP contribution in [0.1, 0.15) is 24.5 Å². The van der Waals surface area contributed by atoms with Gasteiger partial charge in [0.15, 0.2) is 5.82 Å². The predicted molar refractivity (Wildman–Crippen MR) is 111 cm³/mol. The second-order valence-corrected chi connectivity index (χ2v) is 7.83. The Balaban J connectivity index is 1.30. The third kappa shape index (κ3) is 3.37. The summed E-state index contributed by atoms with van der Waals surface area (Å²) in [6, 6.07) is 12.3. The number of hydrogen-bond acceptors (Lipinski definition) is 6. The van der Waals surface area contributed by atoms with Crippen LogP contribution in [0.2, 0.25) is 0 Å². The minimum absolute atomic E-state index is 0.246. The van der Waals surface area contributed by atoms with Crippen LogP contribution < -0.4 is 9.80 Å². The van der Waals surface area contributed by atoms with Gasteiger partial charge in [-0.15, -0.1) is 0 Å². The number of benzene rings is 1. The quantitative estimate of drug-likeness (QED) is 0.735. The van der Waals surface area contributed by atoms with E-state index in [4.69, 9.17) is 4.98 Å². The molecule has 5 rings (SSSR count). The lowest BCUT2D eigenvalue weighted by Crippen LogP contribution is -2.47. The van der Waals surface area contributed by atoms with Crippen LogP contribution in [0.25, 0.3) is 10.9 Å². The molecular formula is C22H23N5O2. The van der Waals surface area contributed by atoms with E-state index in [2.05, 4.69) is 38.0 Å². The first-order valence-corrected chi connectivity index (χ1v) is 10.1. The molecular weight excluding hydrogens is 366 g/mol. The molecule has 7 nitrogen and oxygen atoms in total. The molecule has 0 unspecified atom stereocenters. The highest BCUT2D eigenvalue weighted by Crippen LogP contribution is 2.35. The third-order valence-corrected chi connectivity index (χ3v) is 6.03. The maximum absolute atomic E-state index is 11.2. The zero-order valence-electron chi connectivity index (χ0n) is 16.1. The van der Waals surface area contributed by atoms with Gasteiger partial charge in [-0.25, -0.2) is 9.97 Å². The van der Waals surface area contributed by atoms with E-state index in [1.807, 2.05) is 18.2 Å². The zero-order chi connectivity index (χ0) is 19.8. The minimum atomic E-state index is -0.693. The van der Waals surface area contributed by atoms with E-state index in [9.17, 15) is 9.90 Å². The summed E-state index contributed by atoms with van der Waals surface area (Å²) in [6.07, 6.45) is 4.79. The number of nitrogens with zero attached hydrogens (tertiary/aromatic N) is 5. The summed E-state index contributed by atoms with van der Waals surface area (Å²) in [4.78, 5) is 29.7. The fourth-order valence-electron chi connectivity index (χ4n) is 4.28. The van der Waals surface area contributed by atoms with Crippen LogP contribution >= 0.6 is 0 Å². The molecule has 2 aliphatic rings. The van der Waals surface area contributed by atoms with Crippen LogP contribution in [0, 0.1) is 5.92 Å². The molecule has 2 aliphatic heterocycles. The van der Waals surface area contributed by atoms with E-state index < -0.39 is 5.97 Å². The Morgan fingerprint density at radius 1 is 0.966 bits per heavy atom. The summed E-state index contributed by atoms with van der Waals surface area (Å²) in [5.41, 5.74) is 2.02. The van der Waals surface area contributed by atoms with Gasteiger partial charge in [0.05, 0.1) is 17.1 Å². The number of carboxylic acids is 1. The van der Waals surface area contributed by atoms with Crippen molar-refractivity contribution >= 4 is 28.5 Å². The first kappa shape index (κ1) is 17.8. The normalized spacial score (nSPS) is 18.1. The highest BCUT2D eigenvalue weighted by atomic mass is 16.4. The smallest absolute Gasteiger partial charge is 0.306 e. The first-order chi connectivity index (χ1) is 14.2. The van der Waals surface area contributed by atoms with Gasteiger partial charge in [0.1, 0.15) is 5.82 Å². The number of para-hydroxylation sites is 1. The Bertz CT molecular complexity index is 1040. The highest BCUT2D eigenvalue weighted by Gasteiger charge is 2.34. The second kappa shape index (κ2) is 7.31. The fraction of sp³-hybridized carbons (Fsp3) is 0.364. The molecule has 4 heterocycles. The van der Waals surface area contributed by atoms with Crippen LogP contribution in [0.3, 0.4) is 0 Å². The monoisotopic (exact) mass is 389 g/mol. The SMILES string of the molecule is O=C(O)C1CCN(c2nccnc2C2CN(c3ccc4ccccc4n3)C2)CC1. The first-order valence-electron chi connectivity index (χ1n) is 10.1. The Morgan fingerprint density at radius 3 is 2.52 bits per heavy atom. The maximum atomic E-state index is 11.2. The fourth-order valence-corrected chi connectivity index (χ4v) is 4.28. The van der Waals surface area contributed by atoms with Crippen molar-refractivity contribution in [1.82, 2.24) is 15.0 Å². The summed E-state index contributed by atoms with van der Waals surface area (Å²) in [5.74, 6) is 1.27. The molecule has 0 amide bonds. The van der Waals surface area contributed by atoms with Crippen LogP contribution in [0.15, 0.2) is 48.8 Å². The van der Waals surface area contributed by atoms with Gasteiger partial charge in [-0.05, 0) is 31.0 Å². The van der Waals surface area contributed by atoms with Gasteiger partial charge in [-0.1, -0.05) is 18.2 Å². The maximum Gasteiger partial charge on any atom is 0.306 e. The molecule has 0 atom stereocenters. The van der Waals surface area contributed by atoms with Crippen LogP contribution in [-0.4, -0.2) is 52.2 Å². The number of anilines is 2. The number of hydrogen-bond donors (Lipinski definition) is 1. The van der Waals surface area contributed by atoms with Gasteiger partial charge in [0.25, 0.3) is 0 Å². The summed E-state index contributed by atoms with van der Waals surface area (Å²) in [7, 11) is 0. The molecule has 7 heteroatoms. The number of carboxylic acid groups (broad SMARTS) is 1. The van der Waals surface area contributed by atoms with Crippen LogP contribution in [0.5, 0.6) is 0 Å². The topological polar surface area (TPSA) is 82.4 Å².